The third-order valence-electron chi connectivity index (χ3n) is 2.63. The van der Waals surface area contributed by atoms with Crippen LogP contribution in [0.4, 0.5) is 4.39 Å². The molecule has 1 aliphatic rings. The molecule has 1 saturated heterocycles. The van der Waals surface area contributed by atoms with E-state index in [1.54, 1.807) is 13.8 Å². The molecule has 18 heavy (non-hydrogen) atoms. The molecular weight excluding hydrogens is 251 g/mol. The van der Waals surface area contributed by atoms with Crippen LogP contribution >= 0.6 is 0 Å². The van der Waals surface area contributed by atoms with E-state index in [0.717, 1.165) is 14.0 Å². The average Bonchev–Trinajstić information content (AvgIpc) is 2.64. The maximum absolute atomic E-state index is 14.3. The van der Waals surface area contributed by atoms with Gasteiger partial charge >= 0.3 is 5.97 Å². The van der Waals surface area contributed by atoms with Crippen LogP contribution in [-0.2, 0) is 28.9 Å². The number of esters is 1. The van der Waals surface area contributed by atoms with Crippen LogP contribution in [0.5, 0.6) is 0 Å². The van der Waals surface area contributed by atoms with Crippen molar-refractivity contribution < 1.29 is 38.6 Å². The Kier molecular flexibility index (Phi) is 4.62. The second-order valence-corrected chi connectivity index (χ2v) is 4.52. The van der Waals surface area contributed by atoms with Crippen molar-refractivity contribution in [2.24, 2.45) is 0 Å². The van der Waals surface area contributed by atoms with Gasteiger partial charge in [-0.1, -0.05) is 0 Å². The van der Waals surface area contributed by atoms with E-state index in [1.807, 2.05) is 0 Å². The van der Waals surface area contributed by atoms with Gasteiger partial charge in [-0.05, 0) is 20.8 Å². The van der Waals surface area contributed by atoms with Gasteiger partial charge in [0.2, 0.25) is 5.67 Å². The van der Waals surface area contributed by atoms with Crippen molar-refractivity contribution in [3.8, 4) is 0 Å². The summed E-state index contributed by atoms with van der Waals surface area (Å²) in [6.45, 7) is 4.08. The molecule has 106 valence electrons. The minimum Gasteiger partial charge on any atom is -0.692 e. The van der Waals surface area contributed by atoms with Gasteiger partial charge in [0.1, 0.15) is 6.10 Å². The fraction of sp³-hybridized carbons (Fsp3) is 0.900. The summed E-state index contributed by atoms with van der Waals surface area (Å²) in [5.41, 5.74) is -2.60. The monoisotopic (exact) mass is 267 g/mol. The topological polar surface area (TPSA) is 86.3 Å². The average molecular weight is 267 g/mol. The van der Waals surface area contributed by atoms with Gasteiger partial charge in [0.05, 0.1) is 13.7 Å². The second-order valence-electron chi connectivity index (χ2n) is 4.52. The molecule has 0 aliphatic carbocycles. The number of alkyl halides is 1. The lowest BCUT2D eigenvalue weighted by Gasteiger charge is -2.31. The van der Waals surface area contributed by atoms with Gasteiger partial charge in [-0.3, -0.25) is 5.04 Å². The Balaban J connectivity index is 2.86. The highest BCUT2D eigenvalue weighted by molar-refractivity contribution is 5.79. The van der Waals surface area contributed by atoms with Crippen LogP contribution in [0.1, 0.15) is 20.8 Å². The normalized spacial score (nSPS) is 27.6. The SMILES string of the molecule is COC(=O)[C@](C)(F)[C@H](OO[O-])C1COC(C)(C)O1. The number of rotatable bonds is 5. The number of hydrogen-bond donors (Lipinski definition) is 0. The van der Waals surface area contributed by atoms with E-state index in [4.69, 9.17) is 9.47 Å². The molecule has 0 aromatic rings. The Morgan fingerprint density at radius 1 is 1.61 bits per heavy atom. The fourth-order valence-electron chi connectivity index (χ4n) is 1.72. The van der Waals surface area contributed by atoms with Gasteiger partial charge in [-0.15, -0.1) is 0 Å². The Hall–Kier alpha value is -0.800. The third-order valence-corrected chi connectivity index (χ3v) is 2.63. The smallest absolute Gasteiger partial charge is 0.346 e. The fourth-order valence-corrected chi connectivity index (χ4v) is 1.72. The Morgan fingerprint density at radius 2 is 2.22 bits per heavy atom. The van der Waals surface area contributed by atoms with Crippen LogP contribution < -0.4 is 5.26 Å². The van der Waals surface area contributed by atoms with Gasteiger partial charge in [0.25, 0.3) is 0 Å². The minimum atomic E-state index is -2.60. The first kappa shape index (κ1) is 15.3. The van der Waals surface area contributed by atoms with E-state index < -0.39 is 29.6 Å². The van der Waals surface area contributed by atoms with Crippen LogP contribution in [-0.4, -0.2) is 43.3 Å². The molecule has 3 atom stereocenters. The lowest BCUT2D eigenvalue weighted by atomic mass is 9.97. The first-order chi connectivity index (χ1) is 8.24. The maximum Gasteiger partial charge on any atom is 0.346 e. The van der Waals surface area contributed by atoms with Gasteiger partial charge in [0.15, 0.2) is 11.9 Å². The molecule has 0 spiro atoms. The van der Waals surface area contributed by atoms with E-state index in [2.05, 4.69) is 14.7 Å². The van der Waals surface area contributed by atoms with Crippen LogP contribution in [0.2, 0.25) is 0 Å². The van der Waals surface area contributed by atoms with Crippen LogP contribution in [0, 0.1) is 0 Å². The largest absolute Gasteiger partial charge is 0.692 e. The quantitative estimate of drug-likeness (QED) is 0.381. The third kappa shape index (κ3) is 3.15. The molecule has 0 N–H and O–H groups in total. The van der Waals surface area contributed by atoms with Gasteiger partial charge in [0, 0.05) is 0 Å². The van der Waals surface area contributed by atoms with E-state index in [1.165, 1.54) is 0 Å². The van der Waals surface area contributed by atoms with Crippen LogP contribution in [0.25, 0.3) is 0 Å². The molecule has 1 aliphatic heterocycles. The number of carbonyl (C=O) groups is 1. The summed E-state index contributed by atoms with van der Waals surface area (Å²) in [6, 6.07) is 0. The molecule has 1 fully saturated rings. The van der Waals surface area contributed by atoms with Crippen molar-refractivity contribution in [3.63, 3.8) is 0 Å². The standard InChI is InChI=1S/C10H17FO7/c1-9(2)15-5-6(16-9)7(17-18-13)10(3,11)8(12)14-4/h6-7,13H,5H2,1-4H3/p-1/t6?,7-,10-/m1/s1. The molecule has 8 heteroatoms. The van der Waals surface area contributed by atoms with Crippen molar-refractivity contribution >= 4 is 5.97 Å². The second kappa shape index (κ2) is 5.45. The summed E-state index contributed by atoms with van der Waals surface area (Å²) in [7, 11) is 1.02. The zero-order valence-electron chi connectivity index (χ0n) is 10.6. The van der Waals surface area contributed by atoms with E-state index in [0.29, 0.717) is 0 Å². The van der Waals surface area contributed by atoms with Crippen molar-refractivity contribution in [1.82, 2.24) is 0 Å². The predicted molar refractivity (Wildman–Crippen MR) is 52.4 cm³/mol. The van der Waals surface area contributed by atoms with Crippen molar-refractivity contribution in [2.45, 2.75) is 44.4 Å². The predicted octanol–water partition coefficient (Wildman–Crippen LogP) is -0.369. The molecule has 0 bridgehead atoms. The van der Waals surface area contributed by atoms with E-state index in [-0.39, 0.29) is 6.61 Å². The zero-order chi connectivity index (χ0) is 14.0. The number of ether oxygens (including phenoxy) is 3. The molecule has 1 unspecified atom stereocenters. The summed E-state index contributed by atoms with van der Waals surface area (Å²) in [5, 5.41) is 13.3. The first-order valence-electron chi connectivity index (χ1n) is 5.29. The lowest BCUT2D eigenvalue weighted by molar-refractivity contribution is -0.807. The summed E-state index contributed by atoms with van der Waals surface area (Å²) in [6.07, 6.45) is -2.56. The van der Waals surface area contributed by atoms with E-state index in [9.17, 15) is 14.4 Å². The number of carbonyl (C=O) groups excluding carboxylic acids is 1. The minimum absolute atomic E-state index is 0.0441. The highest BCUT2D eigenvalue weighted by atomic mass is 19.1. The Labute approximate surface area is 104 Å². The zero-order valence-corrected chi connectivity index (χ0v) is 10.6. The summed E-state index contributed by atoms with van der Waals surface area (Å²) in [5.74, 6) is -2.15. The highest BCUT2D eigenvalue weighted by Gasteiger charge is 2.52. The molecule has 7 nitrogen and oxygen atoms in total. The summed E-state index contributed by atoms with van der Waals surface area (Å²) < 4.78 is 29.1. The summed E-state index contributed by atoms with van der Waals surface area (Å²) in [4.78, 5) is 15.6. The van der Waals surface area contributed by atoms with Gasteiger partial charge < -0.3 is 19.5 Å². The van der Waals surface area contributed by atoms with Crippen LogP contribution in [0.3, 0.4) is 0 Å². The highest BCUT2D eigenvalue weighted by Crippen LogP contribution is 2.32. The van der Waals surface area contributed by atoms with E-state index >= 15 is 0 Å². The van der Waals surface area contributed by atoms with Gasteiger partial charge in [-0.25, -0.2) is 14.1 Å². The molecule has 1 rings (SSSR count). The molecule has 1 heterocycles. The van der Waals surface area contributed by atoms with Crippen molar-refractivity contribution in [1.29, 1.82) is 0 Å². The van der Waals surface area contributed by atoms with Gasteiger partial charge in [-0.2, -0.15) is 0 Å². The molecular formula is C10H16FO7-. The molecule has 0 saturated carbocycles. The molecule has 0 aromatic carbocycles. The maximum atomic E-state index is 14.3. The Morgan fingerprint density at radius 3 is 2.61 bits per heavy atom. The number of methoxy groups -OCH3 is 1. The first-order valence-corrected chi connectivity index (χ1v) is 5.29. The number of hydrogen-bond acceptors (Lipinski definition) is 7. The summed E-state index contributed by atoms with van der Waals surface area (Å²) >= 11 is 0. The molecule has 0 aromatic heterocycles. The molecule has 0 amide bonds. The lowest BCUT2D eigenvalue weighted by Crippen LogP contribution is -2.53. The Bertz CT molecular complexity index is 305. The molecule has 0 radical (unpaired) electrons. The van der Waals surface area contributed by atoms with Crippen LogP contribution in [0.15, 0.2) is 0 Å². The van der Waals surface area contributed by atoms with Crippen molar-refractivity contribution in [3.05, 3.63) is 0 Å². The van der Waals surface area contributed by atoms with Crippen molar-refractivity contribution in [2.75, 3.05) is 13.7 Å². The number of halogens is 1.